The van der Waals surface area contributed by atoms with Crippen LogP contribution in [0.5, 0.6) is 5.75 Å². The number of ether oxygens (including phenoxy) is 1. The molecular formula is C19H25NO2. The third kappa shape index (κ3) is 5.17. The van der Waals surface area contributed by atoms with Crippen LogP contribution < -0.4 is 10.1 Å². The average Bonchev–Trinajstić information content (AvgIpc) is 2.50. The fraction of sp³-hybridized carbons (Fsp3) is 0.368. The van der Waals surface area contributed by atoms with Gasteiger partial charge < -0.3 is 15.2 Å². The second-order valence-electron chi connectivity index (χ2n) is 5.83. The van der Waals surface area contributed by atoms with Crippen LogP contribution in [0.15, 0.2) is 48.5 Å². The van der Waals surface area contributed by atoms with Crippen LogP contribution in [0.1, 0.15) is 29.7 Å². The SMILES string of the molecule is Cc1cc(C)cc(OC[C@H](O)CN[C@H](C)c2ccccc2)c1. The highest BCUT2D eigenvalue weighted by Crippen LogP contribution is 2.16. The van der Waals surface area contributed by atoms with Gasteiger partial charge in [0.05, 0.1) is 0 Å². The van der Waals surface area contributed by atoms with Crippen molar-refractivity contribution < 1.29 is 9.84 Å². The van der Waals surface area contributed by atoms with Crippen LogP contribution >= 0.6 is 0 Å². The van der Waals surface area contributed by atoms with E-state index in [0.717, 1.165) is 5.75 Å². The van der Waals surface area contributed by atoms with Crippen molar-refractivity contribution in [3.05, 3.63) is 65.2 Å². The molecule has 2 rings (SSSR count). The lowest BCUT2D eigenvalue weighted by Crippen LogP contribution is -2.33. The number of aliphatic hydroxyl groups excluding tert-OH is 1. The molecule has 0 heterocycles. The summed E-state index contributed by atoms with van der Waals surface area (Å²) >= 11 is 0. The van der Waals surface area contributed by atoms with Crippen molar-refractivity contribution in [3.8, 4) is 5.75 Å². The van der Waals surface area contributed by atoms with E-state index in [1.807, 2.05) is 44.2 Å². The van der Waals surface area contributed by atoms with Crippen LogP contribution in [0.2, 0.25) is 0 Å². The second kappa shape index (κ2) is 7.97. The van der Waals surface area contributed by atoms with Crippen molar-refractivity contribution in [1.29, 1.82) is 0 Å². The Morgan fingerprint density at radius 2 is 1.68 bits per heavy atom. The van der Waals surface area contributed by atoms with Crippen molar-refractivity contribution >= 4 is 0 Å². The second-order valence-corrected chi connectivity index (χ2v) is 5.83. The summed E-state index contributed by atoms with van der Waals surface area (Å²) in [4.78, 5) is 0. The molecule has 0 saturated heterocycles. The number of benzene rings is 2. The minimum atomic E-state index is -0.535. The normalized spacial score (nSPS) is 13.6. The standard InChI is InChI=1S/C19H25NO2/c1-14-9-15(2)11-19(10-14)22-13-18(21)12-20-16(3)17-7-5-4-6-8-17/h4-11,16,18,20-21H,12-13H2,1-3H3/t16-,18-/m1/s1. The van der Waals surface area contributed by atoms with Crippen LogP contribution in [0.25, 0.3) is 0 Å². The zero-order chi connectivity index (χ0) is 15.9. The van der Waals surface area contributed by atoms with Crippen molar-refractivity contribution in [2.24, 2.45) is 0 Å². The van der Waals surface area contributed by atoms with Crippen LogP contribution in [-0.2, 0) is 0 Å². The average molecular weight is 299 g/mol. The zero-order valence-corrected chi connectivity index (χ0v) is 13.5. The molecule has 3 heteroatoms. The monoisotopic (exact) mass is 299 g/mol. The molecular weight excluding hydrogens is 274 g/mol. The molecule has 0 aliphatic rings. The first-order valence-electron chi connectivity index (χ1n) is 7.72. The Balaban J connectivity index is 1.77. The molecule has 2 atom stereocenters. The molecule has 118 valence electrons. The van der Waals surface area contributed by atoms with E-state index in [1.54, 1.807) is 0 Å². The summed E-state index contributed by atoms with van der Waals surface area (Å²) in [7, 11) is 0. The highest BCUT2D eigenvalue weighted by molar-refractivity contribution is 5.33. The van der Waals surface area contributed by atoms with Gasteiger partial charge in [-0.2, -0.15) is 0 Å². The molecule has 2 aromatic carbocycles. The van der Waals surface area contributed by atoms with Crippen LogP contribution in [0.4, 0.5) is 0 Å². The first-order valence-corrected chi connectivity index (χ1v) is 7.72. The lowest BCUT2D eigenvalue weighted by molar-refractivity contribution is 0.104. The molecule has 3 nitrogen and oxygen atoms in total. The Bertz CT molecular complexity index is 563. The lowest BCUT2D eigenvalue weighted by atomic mass is 10.1. The predicted molar refractivity (Wildman–Crippen MR) is 90.3 cm³/mol. The molecule has 0 spiro atoms. The van der Waals surface area contributed by atoms with Gasteiger partial charge in [-0.15, -0.1) is 0 Å². The van der Waals surface area contributed by atoms with E-state index in [-0.39, 0.29) is 12.6 Å². The molecule has 0 aliphatic heterocycles. The van der Waals surface area contributed by atoms with E-state index >= 15 is 0 Å². The van der Waals surface area contributed by atoms with E-state index in [2.05, 4.69) is 30.4 Å². The van der Waals surface area contributed by atoms with Crippen molar-refractivity contribution in [2.75, 3.05) is 13.2 Å². The minimum absolute atomic E-state index is 0.206. The summed E-state index contributed by atoms with van der Waals surface area (Å²) in [6, 6.07) is 16.5. The fourth-order valence-corrected chi connectivity index (χ4v) is 2.44. The zero-order valence-electron chi connectivity index (χ0n) is 13.5. The molecule has 0 saturated carbocycles. The lowest BCUT2D eigenvalue weighted by Gasteiger charge is -2.18. The largest absolute Gasteiger partial charge is 0.491 e. The summed E-state index contributed by atoms with van der Waals surface area (Å²) in [6.45, 7) is 6.96. The summed E-state index contributed by atoms with van der Waals surface area (Å²) in [5.74, 6) is 0.813. The maximum absolute atomic E-state index is 10.1. The van der Waals surface area contributed by atoms with Crippen LogP contribution in [0, 0.1) is 13.8 Å². The topological polar surface area (TPSA) is 41.5 Å². The Labute approximate surface area is 133 Å². The number of aliphatic hydroxyl groups is 1. The molecule has 0 fully saturated rings. The van der Waals surface area contributed by atoms with Gasteiger partial charge in [0.15, 0.2) is 0 Å². The van der Waals surface area contributed by atoms with E-state index in [0.29, 0.717) is 6.54 Å². The van der Waals surface area contributed by atoms with E-state index < -0.39 is 6.10 Å². The third-order valence-corrected chi connectivity index (χ3v) is 3.60. The highest BCUT2D eigenvalue weighted by atomic mass is 16.5. The van der Waals surface area contributed by atoms with Gasteiger partial charge in [-0.05, 0) is 49.6 Å². The molecule has 0 radical (unpaired) electrons. The van der Waals surface area contributed by atoms with Gasteiger partial charge in [-0.25, -0.2) is 0 Å². The first-order chi connectivity index (χ1) is 10.5. The number of rotatable bonds is 7. The number of hydrogen-bond acceptors (Lipinski definition) is 3. The van der Waals surface area contributed by atoms with E-state index in [4.69, 9.17) is 4.74 Å². The van der Waals surface area contributed by atoms with Crippen molar-refractivity contribution in [3.63, 3.8) is 0 Å². The molecule has 0 bridgehead atoms. The van der Waals surface area contributed by atoms with Gasteiger partial charge in [0.1, 0.15) is 18.5 Å². The van der Waals surface area contributed by atoms with Gasteiger partial charge in [0, 0.05) is 12.6 Å². The first kappa shape index (κ1) is 16.5. The van der Waals surface area contributed by atoms with Gasteiger partial charge in [-0.1, -0.05) is 36.4 Å². The molecule has 22 heavy (non-hydrogen) atoms. The summed E-state index contributed by atoms with van der Waals surface area (Å²) in [6.07, 6.45) is -0.535. The van der Waals surface area contributed by atoms with Gasteiger partial charge >= 0.3 is 0 Å². The quantitative estimate of drug-likeness (QED) is 0.823. The maximum atomic E-state index is 10.1. The number of hydrogen-bond donors (Lipinski definition) is 2. The minimum Gasteiger partial charge on any atom is -0.491 e. The van der Waals surface area contributed by atoms with Gasteiger partial charge in [0.25, 0.3) is 0 Å². The van der Waals surface area contributed by atoms with Gasteiger partial charge in [-0.3, -0.25) is 0 Å². The molecule has 0 amide bonds. The van der Waals surface area contributed by atoms with Crippen molar-refractivity contribution in [1.82, 2.24) is 5.32 Å². The summed E-state index contributed by atoms with van der Waals surface area (Å²) in [5.41, 5.74) is 3.55. The Hall–Kier alpha value is -1.84. The maximum Gasteiger partial charge on any atom is 0.119 e. The van der Waals surface area contributed by atoms with Crippen LogP contribution in [-0.4, -0.2) is 24.4 Å². The molecule has 2 aromatic rings. The van der Waals surface area contributed by atoms with Crippen molar-refractivity contribution in [2.45, 2.75) is 32.9 Å². The van der Waals surface area contributed by atoms with E-state index in [1.165, 1.54) is 16.7 Å². The highest BCUT2D eigenvalue weighted by Gasteiger charge is 2.09. The Morgan fingerprint density at radius 3 is 2.32 bits per heavy atom. The Kier molecular flexibility index (Phi) is 5.99. The molecule has 0 unspecified atom stereocenters. The fourth-order valence-electron chi connectivity index (χ4n) is 2.44. The Morgan fingerprint density at radius 1 is 1.05 bits per heavy atom. The smallest absolute Gasteiger partial charge is 0.119 e. The predicted octanol–water partition coefficient (Wildman–Crippen LogP) is 3.39. The van der Waals surface area contributed by atoms with E-state index in [9.17, 15) is 5.11 Å². The summed E-state index contributed by atoms with van der Waals surface area (Å²) in [5, 5.41) is 13.4. The molecule has 0 aromatic heterocycles. The third-order valence-electron chi connectivity index (χ3n) is 3.60. The number of aryl methyl sites for hydroxylation is 2. The van der Waals surface area contributed by atoms with Gasteiger partial charge in [0.2, 0.25) is 0 Å². The molecule has 0 aliphatic carbocycles. The molecule has 2 N–H and O–H groups in total. The van der Waals surface area contributed by atoms with Crippen LogP contribution in [0.3, 0.4) is 0 Å². The summed E-state index contributed by atoms with van der Waals surface area (Å²) < 4.78 is 5.68. The number of nitrogens with one attached hydrogen (secondary N) is 1.